The number of carboxylic acids is 1. The van der Waals surface area contributed by atoms with Crippen LogP contribution >= 0.6 is 0 Å². The fourth-order valence-electron chi connectivity index (χ4n) is 9.45. The minimum atomic E-state index is -2.96. The van der Waals surface area contributed by atoms with Gasteiger partial charge in [0.25, 0.3) is 0 Å². The van der Waals surface area contributed by atoms with E-state index in [1.165, 1.54) is 0 Å². The molecule has 5 aliphatic heterocycles. The number of rotatable bonds is 3. The maximum atomic E-state index is 15.3. The second-order valence-corrected chi connectivity index (χ2v) is 17.4. The van der Waals surface area contributed by atoms with E-state index >= 15 is 9.59 Å². The van der Waals surface area contributed by atoms with Crippen LogP contribution in [0.25, 0.3) is 33.4 Å². The van der Waals surface area contributed by atoms with Crippen LogP contribution < -0.4 is 4.74 Å². The van der Waals surface area contributed by atoms with Crippen molar-refractivity contribution < 1.29 is 154 Å². The van der Waals surface area contributed by atoms with Crippen molar-refractivity contribution in [2.24, 2.45) is 0 Å². The highest BCUT2D eigenvalue weighted by Crippen LogP contribution is 2.62. The highest BCUT2D eigenvalue weighted by Gasteiger charge is 2.55. The minimum Gasteiger partial charge on any atom is -0.504 e. The molecule has 408 valence electrons. The van der Waals surface area contributed by atoms with E-state index in [0.29, 0.717) is 12.1 Å². The monoisotopic (exact) mass is 1100 g/mol. The van der Waals surface area contributed by atoms with Crippen molar-refractivity contribution in [2.45, 2.75) is 30.5 Å². The number of ether oxygens (including phenoxy) is 6. The lowest BCUT2D eigenvalue weighted by atomic mass is 9.80. The average Bonchev–Trinajstić information content (AvgIpc) is 3.64. The molecule has 79 heavy (non-hydrogen) atoms. The second-order valence-electron chi connectivity index (χ2n) is 17.4. The maximum Gasteiger partial charge on any atom is 0.340 e. The maximum absolute atomic E-state index is 15.3. The first-order chi connectivity index (χ1) is 37.1. The Labute approximate surface area is 432 Å². The van der Waals surface area contributed by atoms with E-state index in [1.807, 2.05) is 0 Å². The summed E-state index contributed by atoms with van der Waals surface area (Å²) >= 11 is 0. The van der Waals surface area contributed by atoms with Gasteiger partial charge < -0.3 is 125 Å². The third kappa shape index (κ3) is 7.09. The lowest BCUT2D eigenvalue weighted by molar-refractivity contribution is -0.154. The van der Waals surface area contributed by atoms with Crippen LogP contribution in [-0.2, 0) is 23.7 Å². The number of aliphatic hydroxyl groups is 1. The van der Waals surface area contributed by atoms with Crippen LogP contribution in [0.15, 0.2) is 24.3 Å². The smallest absolute Gasteiger partial charge is 0.340 e. The van der Waals surface area contributed by atoms with Gasteiger partial charge in [0.15, 0.2) is 93.4 Å². The summed E-state index contributed by atoms with van der Waals surface area (Å²) in [6.45, 7) is -1.63. The number of phenols is 17. The molecule has 0 aliphatic carbocycles. The molecule has 0 saturated carbocycles. The van der Waals surface area contributed by atoms with E-state index in [-0.39, 0.29) is 12.1 Å². The molecule has 31 heteroatoms. The number of esters is 5. The predicted molar refractivity (Wildman–Crippen MR) is 243 cm³/mol. The molecule has 0 fully saturated rings. The number of benzene rings is 6. The fourth-order valence-corrected chi connectivity index (χ4v) is 9.45. The number of fused-ring (bicyclic) bond motifs is 7. The molecular formula is C48H30O31. The standard InChI is InChI=1S/C48H30O31/c49-10-1-6-15(28(56)24(10)52)16-8(4-13(27(55)30(16)58)75-39-9(43(67)68)3-12(51)26(54)38(39)66)46(71)77-40-14(5-74-44(6)69)76-45(70)7-2-11(50)25(53)29(57)17(7)18-21-19(32(60)36(64)31(18)59)20-22-23(34(62)37(65)33(20)61)35(63)41(78-48(22)73)42(40)79-47(21)72/h1-4,14,35,40-42,49-66H,5H2,(H,67,68). The number of hydrogen-bond donors (Lipinski definition) is 19. The number of aromatic hydroxyl groups is 17. The van der Waals surface area contributed by atoms with E-state index in [0.717, 1.165) is 0 Å². The highest BCUT2D eigenvalue weighted by molar-refractivity contribution is 6.16. The zero-order valence-electron chi connectivity index (χ0n) is 38.3. The Balaban J connectivity index is 1.32. The quantitative estimate of drug-likeness (QED) is 0.0686. The Morgan fingerprint density at radius 1 is 0.405 bits per heavy atom. The molecule has 19 N–H and O–H groups in total. The van der Waals surface area contributed by atoms with Crippen LogP contribution in [0.5, 0.6) is 109 Å². The van der Waals surface area contributed by atoms with Gasteiger partial charge in [-0.2, -0.15) is 0 Å². The molecule has 6 aromatic carbocycles. The van der Waals surface area contributed by atoms with Gasteiger partial charge >= 0.3 is 35.8 Å². The first-order valence-electron chi connectivity index (χ1n) is 21.8. The summed E-state index contributed by atoms with van der Waals surface area (Å²) in [6.07, 6.45) is -14.2. The molecule has 0 aromatic heterocycles. The molecule has 11 rings (SSSR count). The highest BCUT2D eigenvalue weighted by atomic mass is 16.6. The molecular weight excluding hydrogens is 1070 g/mol. The van der Waals surface area contributed by atoms with Crippen molar-refractivity contribution in [1.29, 1.82) is 0 Å². The van der Waals surface area contributed by atoms with Crippen LogP contribution in [-0.4, -0.2) is 164 Å². The summed E-state index contributed by atoms with van der Waals surface area (Å²) in [7, 11) is 0. The molecule has 5 atom stereocenters. The Bertz CT molecular complexity index is 3880. The number of carbonyl (C=O) groups excluding carboxylic acids is 5. The number of hydrogen-bond acceptors (Lipinski definition) is 30. The van der Waals surface area contributed by atoms with Gasteiger partial charge in [0.2, 0.25) is 40.2 Å². The number of aromatic carboxylic acids is 1. The number of cyclic esters (lactones) is 1. The third-order valence-electron chi connectivity index (χ3n) is 13.1. The van der Waals surface area contributed by atoms with Crippen LogP contribution in [0.4, 0.5) is 0 Å². The van der Waals surface area contributed by atoms with E-state index < -0.39 is 255 Å². The van der Waals surface area contributed by atoms with Crippen molar-refractivity contribution in [3.05, 3.63) is 63.2 Å². The molecule has 0 amide bonds. The molecule has 5 aliphatic rings. The van der Waals surface area contributed by atoms with Gasteiger partial charge in [-0.15, -0.1) is 0 Å². The van der Waals surface area contributed by atoms with E-state index in [2.05, 4.69) is 0 Å². The average molecular weight is 1100 g/mol. The van der Waals surface area contributed by atoms with E-state index in [9.17, 15) is 116 Å². The third-order valence-corrected chi connectivity index (χ3v) is 13.1. The van der Waals surface area contributed by atoms with E-state index in [4.69, 9.17) is 28.4 Å². The van der Waals surface area contributed by atoms with Crippen LogP contribution in [0.2, 0.25) is 0 Å². The first kappa shape index (κ1) is 51.0. The van der Waals surface area contributed by atoms with Gasteiger partial charge in [-0.3, -0.25) is 0 Å². The van der Waals surface area contributed by atoms with Gasteiger partial charge in [0, 0.05) is 51.1 Å². The fraction of sp³-hybridized carbons (Fsp3) is 0.125. The Morgan fingerprint density at radius 3 is 1.41 bits per heavy atom. The summed E-state index contributed by atoms with van der Waals surface area (Å²) in [5.74, 6) is -41.8. The molecule has 6 bridgehead atoms. The molecule has 0 radical (unpaired) electrons. The topological polar surface area (TPSA) is 542 Å². The number of phenolic OH excluding ortho intramolecular Hbond substituents is 17. The van der Waals surface area contributed by atoms with Crippen LogP contribution in [0.1, 0.15) is 73.8 Å². The molecule has 0 saturated heterocycles. The normalized spacial score (nSPS) is 19.1. The Hall–Kier alpha value is -11.5. The van der Waals surface area contributed by atoms with Crippen molar-refractivity contribution >= 4 is 35.8 Å². The van der Waals surface area contributed by atoms with Crippen molar-refractivity contribution in [3.63, 3.8) is 0 Å². The Kier molecular flexibility index (Phi) is 11.2. The summed E-state index contributed by atoms with van der Waals surface area (Å²) in [6, 6.07) is 1.15. The van der Waals surface area contributed by atoms with Crippen LogP contribution in [0.3, 0.4) is 0 Å². The van der Waals surface area contributed by atoms with Crippen molar-refractivity contribution in [2.75, 3.05) is 6.61 Å². The second kappa shape index (κ2) is 17.3. The molecule has 5 unspecified atom stereocenters. The van der Waals surface area contributed by atoms with Crippen LogP contribution in [0, 0.1) is 0 Å². The summed E-state index contributed by atoms with van der Waals surface area (Å²) in [5.41, 5.74) is -17.4. The summed E-state index contributed by atoms with van der Waals surface area (Å²) in [5, 5.41) is 211. The molecule has 31 nitrogen and oxygen atoms in total. The van der Waals surface area contributed by atoms with Gasteiger partial charge in [-0.05, 0) is 12.1 Å². The lowest BCUT2D eigenvalue weighted by Crippen LogP contribution is -2.56. The van der Waals surface area contributed by atoms with Gasteiger partial charge in [-0.25, -0.2) is 28.8 Å². The number of carboxylic acid groups (broad SMARTS) is 1. The zero-order valence-corrected chi connectivity index (χ0v) is 38.3. The number of aliphatic hydroxyl groups excluding tert-OH is 1. The largest absolute Gasteiger partial charge is 0.504 e. The predicted octanol–water partition coefficient (Wildman–Crippen LogP) is 2.22. The molecule has 0 spiro atoms. The number of carbonyl (C=O) groups is 6. The molecule has 6 aromatic rings. The Morgan fingerprint density at radius 2 is 0.823 bits per heavy atom. The van der Waals surface area contributed by atoms with Gasteiger partial charge in [0.1, 0.15) is 18.3 Å². The molecule has 5 heterocycles. The summed E-state index contributed by atoms with van der Waals surface area (Å²) < 4.78 is 33.5. The van der Waals surface area contributed by atoms with Gasteiger partial charge in [0.05, 0.1) is 27.8 Å². The SMILES string of the molecule is O=C(O)c1cc(O)c(O)c(O)c1Oc1cc2c(c(O)c1O)-c1c(cc(O)c(O)c1O)C(=O)OCC1OC(=O)c3cc(O)c(O)c(O)c3-c3c(O)c(O)c(O)c4c3C(=O)OC(C1OC2=O)C1OC(=O)c2c-4c(O)c(O)c(O)c2C1O. The first-order valence-corrected chi connectivity index (χ1v) is 21.8. The minimum absolute atomic E-state index is 0.249. The van der Waals surface area contributed by atoms with E-state index in [1.54, 1.807) is 0 Å². The van der Waals surface area contributed by atoms with Crippen molar-refractivity contribution in [3.8, 4) is 143 Å². The summed E-state index contributed by atoms with van der Waals surface area (Å²) in [4.78, 5) is 86.3. The lowest BCUT2D eigenvalue weighted by Gasteiger charge is -2.40. The van der Waals surface area contributed by atoms with Gasteiger partial charge in [-0.1, -0.05) is 0 Å². The zero-order chi connectivity index (χ0) is 57.6. The van der Waals surface area contributed by atoms with Crippen molar-refractivity contribution in [1.82, 2.24) is 0 Å².